The Balaban J connectivity index is 1.47. The van der Waals surface area contributed by atoms with Crippen molar-refractivity contribution in [2.75, 3.05) is 13.7 Å². The van der Waals surface area contributed by atoms with Crippen LogP contribution in [-0.2, 0) is 21.4 Å². The van der Waals surface area contributed by atoms with Gasteiger partial charge in [-0.1, -0.05) is 55.3 Å². The summed E-state index contributed by atoms with van der Waals surface area (Å²) < 4.78 is 5.42. The molecule has 2 aromatic rings. The van der Waals surface area contributed by atoms with Crippen molar-refractivity contribution in [2.24, 2.45) is 5.92 Å². The summed E-state index contributed by atoms with van der Waals surface area (Å²) in [5.41, 5.74) is 2.01. The Labute approximate surface area is 179 Å². The molecule has 1 aliphatic heterocycles. The highest BCUT2D eigenvalue weighted by molar-refractivity contribution is 6.01. The summed E-state index contributed by atoms with van der Waals surface area (Å²) in [5.74, 6) is 0.703. The summed E-state index contributed by atoms with van der Waals surface area (Å²) in [6, 6.07) is 18.4. The minimum absolute atomic E-state index is 0.0133. The number of hydrogen-bond donors (Lipinski definition) is 0. The van der Waals surface area contributed by atoms with Crippen LogP contribution in [-0.4, -0.2) is 30.4 Å². The van der Waals surface area contributed by atoms with Gasteiger partial charge in [-0.2, -0.15) is 0 Å². The zero-order valence-corrected chi connectivity index (χ0v) is 17.8. The summed E-state index contributed by atoms with van der Waals surface area (Å²) in [6.07, 6.45) is 7.11. The van der Waals surface area contributed by atoms with E-state index in [2.05, 4.69) is 18.2 Å². The lowest BCUT2D eigenvalue weighted by Gasteiger charge is -2.49. The number of unbranched alkanes of at least 4 members (excludes halogenated alkanes) is 1. The molecular weight excluding hydrogens is 374 g/mol. The van der Waals surface area contributed by atoms with Crippen molar-refractivity contribution in [3.63, 3.8) is 0 Å². The molecule has 4 nitrogen and oxygen atoms in total. The monoisotopic (exact) mass is 405 g/mol. The molecule has 2 atom stereocenters. The molecular formula is C26H31NO3. The van der Waals surface area contributed by atoms with Gasteiger partial charge >= 0.3 is 0 Å². The molecule has 30 heavy (non-hydrogen) atoms. The molecule has 0 spiro atoms. The maximum atomic E-state index is 13.4. The smallest absolute Gasteiger partial charge is 0.233 e. The van der Waals surface area contributed by atoms with E-state index in [1.54, 1.807) is 12.0 Å². The van der Waals surface area contributed by atoms with Crippen molar-refractivity contribution in [1.82, 2.24) is 4.90 Å². The number of nitrogens with zero attached hydrogens (tertiary/aromatic N) is 1. The van der Waals surface area contributed by atoms with Crippen molar-refractivity contribution in [3.05, 3.63) is 65.7 Å². The number of rotatable bonds is 7. The third-order valence-corrected chi connectivity index (χ3v) is 6.95. The average molecular weight is 406 g/mol. The van der Waals surface area contributed by atoms with Crippen LogP contribution in [0.5, 0.6) is 5.75 Å². The van der Waals surface area contributed by atoms with Gasteiger partial charge in [0.05, 0.1) is 7.11 Å². The van der Waals surface area contributed by atoms with E-state index in [0.29, 0.717) is 13.0 Å². The lowest BCUT2D eigenvalue weighted by molar-refractivity contribution is -0.158. The Morgan fingerprint density at radius 2 is 1.87 bits per heavy atom. The second-order valence-electron chi connectivity index (χ2n) is 8.69. The zero-order valence-electron chi connectivity index (χ0n) is 17.8. The molecule has 2 aliphatic rings. The molecule has 4 rings (SSSR count). The minimum atomic E-state index is -0.374. The van der Waals surface area contributed by atoms with Gasteiger partial charge in [0.1, 0.15) is 5.75 Å². The fourth-order valence-corrected chi connectivity index (χ4v) is 5.35. The molecule has 2 amide bonds. The highest BCUT2D eigenvalue weighted by atomic mass is 16.5. The van der Waals surface area contributed by atoms with Crippen molar-refractivity contribution < 1.29 is 14.3 Å². The molecule has 0 radical (unpaired) electrons. The number of fused-ring (bicyclic) bond motifs is 1. The number of carbonyl (C=O) groups is 2. The molecule has 1 saturated heterocycles. The first-order chi connectivity index (χ1) is 14.6. The predicted molar refractivity (Wildman–Crippen MR) is 117 cm³/mol. The molecule has 1 heterocycles. The van der Waals surface area contributed by atoms with E-state index >= 15 is 0 Å². The van der Waals surface area contributed by atoms with E-state index in [-0.39, 0.29) is 23.1 Å². The number of methoxy groups -OCH3 is 1. The van der Waals surface area contributed by atoms with E-state index in [1.165, 1.54) is 5.56 Å². The third kappa shape index (κ3) is 4.00. The van der Waals surface area contributed by atoms with E-state index in [4.69, 9.17) is 4.74 Å². The first-order valence-electron chi connectivity index (χ1n) is 11.2. The average Bonchev–Trinajstić information content (AvgIpc) is 2.79. The molecule has 0 bridgehead atoms. The van der Waals surface area contributed by atoms with Gasteiger partial charge in [-0.15, -0.1) is 0 Å². The largest absolute Gasteiger partial charge is 0.497 e. The van der Waals surface area contributed by atoms with Gasteiger partial charge in [0.15, 0.2) is 0 Å². The van der Waals surface area contributed by atoms with Crippen LogP contribution in [0.25, 0.3) is 0 Å². The number of ether oxygens (including phenoxy) is 1. The van der Waals surface area contributed by atoms with Crippen LogP contribution in [0.4, 0.5) is 0 Å². The van der Waals surface area contributed by atoms with Gasteiger partial charge in [-0.3, -0.25) is 14.5 Å². The van der Waals surface area contributed by atoms with Crippen LogP contribution in [0.1, 0.15) is 56.1 Å². The number of hydrogen-bond acceptors (Lipinski definition) is 3. The number of likely N-dealkylation sites (tertiary alicyclic amines) is 1. The van der Waals surface area contributed by atoms with Gasteiger partial charge in [0.25, 0.3) is 0 Å². The van der Waals surface area contributed by atoms with Crippen LogP contribution in [0.3, 0.4) is 0 Å². The summed E-state index contributed by atoms with van der Waals surface area (Å²) in [6.45, 7) is 0.537. The Bertz CT molecular complexity index is 894. The quantitative estimate of drug-likeness (QED) is 0.486. The maximum absolute atomic E-state index is 13.4. The standard InChI is InChI=1S/C26H31NO3/c1-30-22-14-9-13-21(18-22)26-16-7-5-15-23(26)25(29)27(24(28)19-26)17-8-6-12-20-10-3-2-4-11-20/h2-4,9-11,13-14,18,23H,5-8,12,15-17,19H2,1H3/t23-,26-/m0/s1. The third-order valence-electron chi connectivity index (χ3n) is 6.95. The summed E-state index contributed by atoms with van der Waals surface area (Å²) in [5, 5.41) is 0. The lowest BCUT2D eigenvalue weighted by atomic mass is 9.58. The molecule has 2 fully saturated rings. The molecule has 0 unspecified atom stereocenters. The van der Waals surface area contributed by atoms with Gasteiger partial charge < -0.3 is 4.74 Å². The highest BCUT2D eigenvalue weighted by Gasteiger charge is 2.53. The van der Waals surface area contributed by atoms with Gasteiger partial charge in [0, 0.05) is 24.3 Å². The Morgan fingerprint density at radius 1 is 1.03 bits per heavy atom. The molecule has 1 aliphatic carbocycles. The molecule has 158 valence electrons. The van der Waals surface area contributed by atoms with Gasteiger partial charge in [-0.05, 0) is 55.4 Å². The Morgan fingerprint density at radius 3 is 2.67 bits per heavy atom. The maximum Gasteiger partial charge on any atom is 0.233 e. The van der Waals surface area contributed by atoms with Crippen molar-refractivity contribution >= 4 is 11.8 Å². The number of piperidine rings is 1. The van der Waals surface area contributed by atoms with Gasteiger partial charge in [-0.25, -0.2) is 0 Å². The fraction of sp³-hybridized carbons (Fsp3) is 0.462. The van der Waals surface area contributed by atoms with Crippen LogP contribution in [0, 0.1) is 5.92 Å². The topological polar surface area (TPSA) is 46.6 Å². The van der Waals surface area contributed by atoms with Gasteiger partial charge in [0.2, 0.25) is 11.8 Å². The molecule has 0 aromatic heterocycles. The summed E-state index contributed by atoms with van der Waals surface area (Å²) in [4.78, 5) is 28.1. The SMILES string of the molecule is COc1cccc([C@@]23CCCC[C@H]2C(=O)N(CCCCc2ccccc2)C(=O)C3)c1. The molecule has 2 aromatic carbocycles. The van der Waals surface area contributed by atoms with Crippen LogP contribution in [0.2, 0.25) is 0 Å². The number of amides is 2. The zero-order chi connectivity index (χ0) is 21.0. The molecule has 1 saturated carbocycles. The summed E-state index contributed by atoms with van der Waals surface area (Å²) in [7, 11) is 1.66. The second-order valence-corrected chi connectivity index (χ2v) is 8.69. The minimum Gasteiger partial charge on any atom is -0.497 e. The van der Waals surface area contributed by atoms with Crippen molar-refractivity contribution in [1.29, 1.82) is 0 Å². The first-order valence-corrected chi connectivity index (χ1v) is 11.2. The predicted octanol–water partition coefficient (Wildman–Crippen LogP) is 4.91. The number of imide groups is 1. The van der Waals surface area contributed by atoms with E-state index in [1.807, 2.05) is 36.4 Å². The molecule has 4 heteroatoms. The van der Waals surface area contributed by atoms with Crippen LogP contribution < -0.4 is 4.74 Å². The molecule has 0 N–H and O–H groups in total. The number of aryl methyl sites for hydroxylation is 1. The number of carbonyl (C=O) groups excluding carboxylic acids is 2. The number of benzene rings is 2. The first kappa shape index (κ1) is 20.6. The van der Waals surface area contributed by atoms with Crippen molar-refractivity contribution in [3.8, 4) is 5.75 Å². The van der Waals surface area contributed by atoms with Crippen molar-refractivity contribution in [2.45, 2.75) is 56.8 Å². The highest BCUT2D eigenvalue weighted by Crippen LogP contribution is 2.50. The normalized spacial score (nSPS) is 23.9. The van der Waals surface area contributed by atoms with Crippen LogP contribution >= 0.6 is 0 Å². The second kappa shape index (κ2) is 9.03. The lowest BCUT2D eigenvalue weighted by Crippen LogP contribution is -2.57. The van der Waals surface area contributed by atoms with E-state index < -0.39 is 0 Å². The van der Waals surface area contributed by atoms with Crippen LogP contribution in [0.15, 0.2) is 54.6 Å². The Hall–Kier alpha value is -2.62. The van der Waals surface area contributed by atoms with E-state index in [9.17, 15) is 9.59 Å². The Kier molecular flexibility index (Phi) is 6.21. The fourth-order valence-electron chi connectivity index (χ4n) is 5.35. The summed E-state index contributed by atoms with van der Waals surface area (Å²) >= 11 is 0. The van der Waals surface area contributed by atoms with E-state index in [0.717, 1.165) is 56.3 Å².